The number of fused-ring (bicyclic) bond motifs is 1. The summed E-state index contributed by atoms with van der Waals surface area (Å²) in [5, 5.41) is 6.87. The Labute approximate surface area is 160 Å². The van der Waals surface area contributed by atoms with Crippen LogP contribution in [-0.2, 0) is 16.0 Å². The molecule has 27 heavy (non-hydrogen) atoms. The van der Waals surface area contributed by atoms with Crippen molar-refractivity contribution in [1.29, 1.82) is 0 Å². The maximum Gasteiger partial charge on any atom is 0.245 e. The Bertz CT molecular complexity index is 844. The summed E-state index contributed by atoms with van der Waals surface area (Å²) >= 11 is 0. The summed E-state index contributed by atoms with van der Waals surface area (Å²) in [6.45, 7) is 4.49. The largest absolute Gasteiger partial charge is 0.460 e. The van der Waals surface area contributed by atoms with Crippen LogP contribution in [0.15, 0.2) is 34.8 Å². The van der Waals surface area contributed by atoms with Gasteiger partial charge < -0.3 is 15.1 Å². The van der Waals surface area contributed by atoms with Crippen LogP contribution in [0.2, 0.25) is 0 Å². The number of aryl methyl sites for hydroxylation is 1. The highest BCUT2D eigenvalue weighted by Crippen LogP contribution is 2.29. The topological polar surface area (TPSA) is 71.3 Å². The monoisotopic (exact) mass is 368 g/mol. The minimum Gasteiger partial charge on any atom is -0.460 e. The van der Waals surface area contributed by atoms with Crippen LogP contribution in [0, 0.1) is 0 Å². The zero-order chi connectivity index (χ0) is 19.3. The molecule has 0 unspecified atom stereocenters. The number of amides is 2. The van der Waals surface area contributed by atoms with Crippen molar-refractivity contribution in [3.63, 3.8) is 0 Å². The van der Waals surface area contributed by atoms with Gasteiger partial charge in [-0.2, -0.15) is 0 Å². The summed E-state index contributed by atoms with van der Waals surface area (Å²) < 4.78 is 5.87. The lowest BCUT2D eigenvalue weighted by molar-refractivity contribution is -0.133. The molecule has 1 aromatic heterocycles. The molecule has 0 aliphatic heterocycles. The molecule has 1 fully saturated rings. The van der Waals surface area contributed by atoms with E-state index in [-0.39, 0.29) is 11.8 Å². The number of furan rings is 1. The molecule has 0 radical (unpaired) electrons. The van der Waals surface area contributed by atoms with Crippen molar-refractivity contribution >= 4 is 28.9 Å². The summed E-state index contributed by atoms with van der Waals surface area (Å²) in [5.41, 5.74) is 0.960. The van der Waals surface area contributed by atoms with Crippen LogP contribution in [0.3, 0.4) is 0 Å². The van der Waals surface area contributed by atoms with Crippen LogP contribution < -0.4 is 10.6 Å². The van der Waals surface area contributed by atoms with E-state index in [2.05, 4.69) is 10.6 Å². The average molecular weight is 368 g/mol. The fraction of sp³-hybridized carbons (Fsp3) is 0.455. The molecule has 1 heterocycles. The zero-order valence-electron chi connectivity index (χ0n) is 16.1. The molecule has 0 saturated heterocycles. The molecule has 0 atom stereocenters. The third-order valence-electron chi connectivity index (χ3n) is 5.27. The van der Waals surface area contributed by atoms with Crippen molar-refractivity contribution in [2.45, 2.75) is 57.9 Å². The molecule has 1 aliphatic rings. The van der Waals surface area contributed by atoms with Gasteiger partial charge in [0, 0.05) is 30.0 Å². The number of carbonyl (C=O) groups is 2. The van der Waals surface area contributed by atoms with E-state index in [1.54, 1.807) is 6.08 Å². The van der Waals surface area contributed by atoms with Gasteiger partial charge in [0.15, 0.2) is 0 Å². The van der Waals surface area contributed by atoms with Crippen molar-refractivity contribution in [2.75, 3.05) is 6.54 Å². The Balaban J connectivity index is 1.81. The minimum atomic E-state index is -0.790. The van der Waals surface area contributed by atoms with Crippen molar-refractivity contribution in [2.24, 2.45) is 0 Å². The first kappa shape index (κ1) is 19.2. The Morgan fingerprint density at radius 3 is 2.59 bits per heavy atom. The fourth-order valence-electron chi connectivity index (χ4n) is 3.89. The van der Waals surface area contributed by atoms with Crippen LogP contribution >= 0.6 is 0 Å². The number of hydrogen-bond acceptors (Lipinski definition) is 3. The number of benzene rings is 1. The third kappa shape index (κ3) is 4.07. The number of likely N-dealkylation sites (N-methyl/N-ethyl adjacent to an activating group) is 1. The highest BCUT2D eigenvalue weighted by Gasteiger charge is 2.40. The molecule has 5 heteroatoms. The van der Waals surface area contributed by atoms with Gasteiger partial charge in [-0.25, -0.2) is 0 Å². The second-order valence-electron chi connectivity index (χ2n) is 7.11. The maximum absolute atomic E-state index is 12.6. The first-order valence-corrected chi connectivity index (χ1v) is 9.88. The van der Waals surface area contributed by atoms with Gasteiger partial charge >= 0.3 is 0 Å². The third-order valence-corrected chi connectivity index (χ3v) is 5.27. The minimum absolute atomic E-state index is 0.0746. The van der Waals surface area contributed by atoms with Crippen LogP contribution in [0.5, 0.6) is 0 Å². The predicted molar refractivity (Wildman–Crippen MR) is 107 cm³/mol. The molecule has 2 amide bonds. The molecule has 2 aromatic rings. The van der Waals surface area contributed by atoms with Gasteiger partial charge in [-0.05, 0) is 31.9 Å². The fourth-order valence-corrected chi connectivity index (χ4v) is 3.89. The standard InChI is InChI=1S/C22H28N2O3/c1-3-18-17(16-10-6-7-11-19(16)27-18)12-13-20(25)24-22(21(26)23-4-2)14-8-5-9-15-22/h6-7,10-13H,3-5,8-9,14-15H2,1-2H3,(H,23,26)(H,24,25)/b13-12+. The van der Waals surface area contributed by atoms with Crippen LogP contribution in [0.25, 0.3) is 17.0 Å². The van der Waals surface area contributed by atoms with E-state index in [4.69, 9.17) is 4.42 Å². The SMILES string of the molecule is CCNC(=O)C1(NC(=O)/C=C/c2c(CC)oc3ccccc23)CCCCC1. The quantitative estimate of drug-likeness (QED) is 0.758. The molecule has 1 aromatic carbocycles. The highest BCUT2D eigenvalue weighted by atomic mass is 16.3. The van der Waals surface area contributed by atoms with Crippen molar-refractivity contribution in [3.05, 3.63) is 41.7 Å². The Morgan fingerprint density at radius 1 is 1.15 bits per heavy atom. The molecule has 1 saturated carbocycles. The average Bonchev–Trinajstić information content (AvgIpc) is 3.05. The first-order valence-electron chi connectivity index (χ1n) is 9.88. The van der Waals surface area contributed by atoms with Crippen LogP contribution in [-0.4, -0.2) is 23.9 Å². The van der Waals surface area contributed by atoms with Crippen LogP contribution in [0.4, 0.5) is 0 Å². The second-order valence-corrected chi connectivity index (χ2v) is 7.11. The van der Waals surface area contributed by atoms with Gasteiger partial charge in [-0.15, -0.1) is 0 Å². The number of rotatable bonds is 6. The Hall–Kier alpha value is -2.56. The summed E-state index contributed by atoms with van der Waals surface area (Å²) in [4.78, 5) is 25.2. The zero-order valence-corrected chi connectivity index (χ0v) is 16.1. The lowest BCUT2D eigenvalue weighted by atomic mass is 9.80. The number of hydrogen-bond donors (Lipinski definition) is 2. The van der Waals surface area contributed by atoms with Gasteiger partial charge in [-0.1, -0.05) is 44.4 Å². The molecule has 3 rings (SSSR count). The van der Waals surface area contributed by atoms with Gasteiger partial charge in [0.1, 0.15) is 16.9 Å². The molecular formula is C22H28N2O3. The normalized spacial score (nSPS) is 16.5. The van der Waals surface area contributed by atoms with E-state index >= 15 is 0 Å². The van der Waals surface area contributed by atoms with Crippen molar-refractivity contribution in [1.82, 2.24) is 10.6 Å². The van der Waals surface area contributed by atoms with E-state index in [1.807, 2.05) is 38.1 Å². The lowest BCUT2D eigenvalue weighted by Gasteiger charge is -2.36. The molecular weight excluding hydrogens is 340 g/mol. The van der Waals surface area contributed by atoms with E-state index in [1.165, 1.54) is 6.08 Å². The van der Waals surface area contributed by atoms with E-state index in [9.17, 15) is 9.59 Å². The summed E-state index contributed by atoms with van der Waals surface area (Å²) in [6.07, 6.45) is 8.45. The first-order chi connectivity index (χ1) is 13.1. The molecule has 0 bridgehead atoms. The predicted octanol–water partition coefficient (Wildman–Crippen LogP) is 3.96. The summed E-state index contributed by atoms with van der Waals surface area (Å²) in [7, 11) is 0. The summed E-state index contributed by atoms with van der Waals surface area (Å²) in [5.74, 6) is 0.543. The number of para-hydroxylation sites is 1. The lowest BCUT2D eigenvalue weighted by Crippen LogP contribution is -2.59. The Kier molecular flexibility index (Phi) is 5.99. The molecule has 2 N–H and O–H groups in total. The van der Waals surface area contributed by atoms with Crippen molar-refractivity contribution < 1.29 is 14.0 Å². The second kappa shape index (κ2) is 8.42. The molecule has 1 aliphatic carbocycles. The Morgan fingerprint density at radius 2 is 1.89 bits per heavy atom. The van der Waals surface area contributed by atoms with Crippen LogP contribution in [0.1, 0.15) is 57.3 Å². The van der Waals surface area contributed by atoms with E-state index in [0.29, 0.717) is 19.4 Å². The van der Waals surface area contributed by atoms with E-state index < -0.39 is 5.54 Å². The number of carbonyl (C=O) groups excluding carboxylic acids is 2. The molecule has 144 valence electrons. The smallest absolute Gasteiger partial charge is 0.245 e. The molecule has 5 nitrogen and oxygen atoms in total. The van der Waals surface area contributed by atoms with Gasteiger partial charge in [0.25, 0.3) is 0 Å². The molecule has 0 spiro atoms. The highest BCUT2D eigenvalue weighted by molar-refractivity contribution is 5.99. The number of nitrogens with one attached hydrogen (secondary N) is 2. The van der Waals surface area contributed by atoms with E-state index in [0.717, 1.165) is 48.0 Å². The van der Waals surface area contributed by atoms with Gasteiger partial charge in [0.2, 0.25) is 11.8 Å². The summed E-state index contributed by atoms with van der Waals surface area (Å²) in [6, 6.07) is 7.82. The van der Waals surface area contributed by atoms with Gasteiger partial charge in [0.05, 0.1) is 0 Å². The van der Waals surface area contributed by atoms with Gasteiger partial charge in [-0.3, -0.25) is 9.59 Å². The van der Waals surface area contributed by atoms with Crippen molar-refractivity contribution in [3.8, 4) is 0 Å². The maximum atomic E-state index is 12.6.